The molecule has 23 heavy (non-hydrogen) atoms. The molecule has 0 aliphatic rings. The molecule has 2 heteroatoms. The van der Waals surface area contributed by atoms with E-state index < -0.39 is 8.07 Å². The van der Waals surface area contributed by atoms with Crippen molar-refractivity contribution >= 4 is 13.3 Å². The standard InChI is InChI=1S/C21H31NSi/c1-15-9-10-17(11-16(15)2)19-12-18(13-21(3,4)5)20(14-22-19)23(6,7)8/h9-12,14H,13H2,1-8H3. The third kappa shape index (κ3) is 4.54. The van der Waals surface area contributed by atoms with Crippen molar-refractivity contribution in [3.05, 3.63) is 47.2 Å². The molecular formula is C21H31NSi. The highest BCUT2D eigenvalue weighted by Gasteiger charge is 2.24. The van der Waals surface area contributed by atoms with Gasteiger partial charge in [-0.15, -0.1) is 0 Å². The van der Waals surface area contributed by atoms with Crippen molar-refractivity contribution in [3.8, 4) is 11.3 Å². The minimum atomic E-state index is -1.38. The van der Waals surface area contributed by atoms with Gasteiger partial charge in [0.1, 0.15) is 0 Å². The zero-order chi connectivity index (χ0) is 17.4. The topological polar surface area (TPSA) is 12.9 Å². The molecule has 0 saturated heterocycles. The fraction of sp³-hybridized carbons (Fsp3) is 0.476. The Morgan fingerprint density at radius 3 is 2.13 bits per heavy atom. The van der Waals surface area contributed by atoms with Gasteiger partial charge in [-0.3, -0.25) is 4.98 Å². The van der Waals surface area contributed by atoms with E-state index >= 15 is 0 Å². The first-order valence-electron chi connectivity index (χ1n) is 8.54. The lowest BCUT2D eigenvalue weighted by atomic mass is 9.88. The summed E-state index contributed by atoms with van der Waals surface area (Å²) < 4.78 is 0. The summed E-state index contributed by atoms with van der Waals surface area (Å²) >= 11 is 0. The van der Waals surface area contributed by atoms with Crippen LogP contribution in [-0.2, 0) is 6.42 Å². The number of aromatic nitrogens is 1. The van der Waals surface area contributed by atoms with Crippen LogP contribution >= 0.6 is 0 Å². The van der Waals surface area contributed by atoms with E-state index in [1.165, 1.54) is 27.4 Å². The number of hydrogen-bond donors (Lipinski definition) is 0. The van der Waals surface area contributed by atoms with Gasteiger partial charge < -0.3 is 0 Å². The van der Waals surface area contributed by atoms with Gasteiger partial charge in [0.2, 0.25) is 0 Å². The van der Waals surface area contributed by atoms with Gasteiger partial charge in [-0.25, -0.2) is 0 Å². The molecule has 0 spiro atoms. The van der Waals surface area contributed by atoms with E-state index in [-0.39, 0.29) is 5.41 Å². The Balaban J connectivity index is 2.55. The SMILES string of the molecule is Cc1ccc(-c2cc(CC(C)(C)C)c([Si](C)(C)C)cn2)cc1C. The van der Waals surface area contributed by atoms with Gasteiger partial charge >= 0.3 is 0 Å². The van der Waals surface area contributed by atoms with Crippen LogP contribution in [-0.4, -0.2) is 13.1 Å². The predicted molar refractivity (Wildman–Crippen MR) is 105 cm³/mol. The maximum atomic E-state index is 4.81. The van der Waals surface area contributed by atoms with Gasteiger partial charge in [0.15, 0.2) is 0 Å². The Morgan fingerprint density at radius 1 is 0.957 bits per heavy atom. The molecule has 0 fully saturated rings. The van der Waals surface area contributed by atoms with Gasteiger partial charge in [0.05, 0.1) is 13.8 Å². The zero-order valence-corrected chi connectivity index (χ0v) is 17.0. The summed E-state index contributed by atoms with van der Waals surface area (Å²) in [4.78, 5) is 4.81. The lowest BCUT2D eigenvalue weighted by molar-refractivity contribution is 0.412. The van der Waals surface area contributed by atoms with Crippen LogP contribution in [0.4, 0.5) is 0 Å². The molecule has 0 amide bonds. The van der Waals surface area contributed by atoms with E-state index in [0.717, 1.165) is 12.1 Å². The van der Waals surface area contributed by atoms with Crippen molar-refractivity contribution in [2.24, 2.45) is 5.41 Å². The first-order chi connectivity index (χ1) is 10.5. The number of aryl methyl sites for hydroxylation is 2. The number of pyridine rings is 1. The van der Waals surface area contributed by atoms with E-state index in [1.807, 2.05) is 0 Å². The van der Waals surface area contributed by atoms with Crippen molar-refractivity contribution in [2.75, 3.05) is 0 Å². The maximum absolute atomic E-state index is 4.81. The van der Waals surface area contributed by atoms with E-state index in [1.54, 1.807) is 0 Å². The summed E-state index contributed by atoms with van der Waals surface area (Å²) in [6.07, 6.45) is 3.25. The van der Waals surface area contributed by atoms with Crippen LogP contribution in [0.15, 0.2) is 30.5 Å². The van der Waals surface area contributed by atoms with Crippen LogP contribution in [0, 0.1) is 19.3 Å². The molecule has 2 rings (SSSR count). The minimum absolute atomic E-state index is 0.288. The first-order valence-corrected chi connectivity index (χ1v) is 12.0. The molecule has 1 aromatic carbocycles. The average molecular weight is 326 g/mol. The van der Waals surface area contributed by atoms with E-state index in [0.29, 0.717) is 0 Å². The van der Waals surface area contributed by atoms with Crippen molar-refractivity contribution in [1.29, 1.82) is 0 Å². The van der Waals surface area contributed by atoms with E-state index in [9.17, 15) is 0 Å². The van der Waals surface area contributed by atoms with Gasteiger partial charge in [-0.1, -0.05) is 52.5 Å². The molecule has 124 valence electrons. The Morgan fingerprint density at radius 2 is 1.61 bits per heavy atom. The minimum Gasteiger partial charge on any atom is -0.256 e. The number of benzene rings is 1. The van der Waals surface area contributed by atoms with Crippen LogP contribution in [0.25, 0.3) is 11.3 Å². The lowest BCUT2D eigenvalue weighted by Crippen LogP contribution is -2.41. The molecular weight excluding hydrogens is 294 g/mol. The Labute approximate surface area is 143 Å². The second kappa shape index (κ2) is 6.24. The van der Waals surface area contributed by atoms with Crippen LogP contribution in [0.5, 0.6) is 0 Å². The summed E-state index contributed by atoms with van der Waals surface area (Å²) in [5, 5.41) is 1.50. The van der Waals surface area contributed by atoms with Crippen LogP contribution in [0.3, 0.4) is 0 Å². The van der Waals surface area contributed by atoms with Gasteiger partial charge in [0.25, 0.3) is 0 Å². The summed E-state index contributed by atoms with van der Waals surface area (Å²) in [5.41, 5.74) is 6.77. The highest BCUT2D eigenvalue weighted by atomic mass is 28.3. The second-order valence-electron chi connectivity index (χ2n) is 9.01. The molecule has 0 unspecified atom stereocenters. The fourth-order valence-corrected chi connectivity index (χ4v) is 4.52. The number of rotatable bonds is 3. The molecule has 1 nitrogen and oxygen atoms in total. The molecule has 0 radical (unpaired) electrons. The summed E-state index contributed by atoms with van der Waals surface area (Å²) in [6.45, 7) is 18.5. The Hall–Kier alpha value is -1.41. The Bertz CT molecular complexity index is 703. The van der Waals surface area contributed by atoms with Crippen molar-refractivity contribution < 1.29 is 0 Å². The monoisotopic (exact) mass is 325 g/mol. The largest absolute Gasteiger partial charge is 0.256 e. The van der Waals surface area contributed by atoms with E-state index in [2.05, 4.69) is 84.7 Å². The summed E-state index contributed by atoms with van der Waals surface area (Å²) in [5.74, 6) is 0. The molecule has 0 bridgehead atoms. The molecule has 0 aliphatic heterocycles. The first kappa shape index (κ1) is 17.9. The number of nitrogens with zero attached hydrogens (tertiary/aromatic N) is 1. The molecule has 2 aromatic rings. The third-order valence-electron chi connectivity index (χ3n) is 4.32. The quantitative estimate of drug-likeness (QED) is 0.679. The van der Waals surface area contributed by atoms with Gasteiger partial charge in [0, 0.05) is 11.8 Å². The van der Waals surface area contributed by atoms with Gasteiger partial charge in [-0.2, -0.15) is 0 Å². The fourth-order valence-electron chi connectivity index (χ4n) is 2.95. The molecule has 0 aliphatic carbocycles. The van der Waals surface area contributed by atoms with Crippen molar-refractivity contribution in [2.45, 2.75) is 60.7 Å². The van der Waals surface area contributed by atoms with Crippen molar-refractivity contribution in [3.63, 3.8) is 0 Å². The van der Waals surface area contributed by atoms with Crippen LogP contribution < -0.4 is 5.19 Å². The van der Waals surface area contributed by atoms with Crippen LogP contribution in [0.2, 0.25) is 19.6 Å². The second-order valence-corrected chi connectivity index (χ2v) is 14.1. The molecule has 1 aromatic heterocycles. The molecule has 1 heterocycles. The maximum Gasteiger partial charge on any atom is 0.0799 e. The highest BCUT2D eigenvalue weighted by Crippen LogP contribution is 2.25. The van der Waals surface area contributed by atoms with Crippen LogP contribution in [0.1, 0.15) is 37.5 Å². The molecule has 0 saturated carbocycles. The summed E-state index contributed by atoms with van der Waals surface area (Å²) in [6, 6.07) is 8.98. The smallest absolute Gasteiger partial charge is 0.0799 e. The molecule has 0 N–H and O–H groups in total. The van der Waals surface area contributed by atoms with E-state index in [4.69, 9.17) is 4.98 Å². The zero-order valence-electron chi connectivity index (χ0n) is 16.0. The normalized spacial score (nSPS) is 12.5. The Kier molecular flexibility index (Phi) is 4.86. The summed E-state index contributed by atoms with van der Waals surface area (Å²) in [7, 11) is -1.38. The number of hydrogen-bond acceptors (Lipinski definition) is 1. The predicted octanol–water partition coefficient (Wildman–Crippen LogP) is 5.50. The third-order valence-corrected chi connectivity index (χ3v) is 6.39. The average Bonchev–Trinajstić information content (AvgIpc) is 2.38. The lowest BCUT2D eigenvalue weighted by Gasteiger charge is -2.26. The van der Waals surface area contributed by atoms with Crippen molar-refractivity contribution in [1.82, 2.24) is 4.98 Å². The van der Waals surface area contributed by atoms with Gasteiger partial charge in [-0.05, 0) is 59.7 Å². The molecule has 0 atom stereocenters. The highest BCUT2D eigenvalue weighted by molar-refractivity contribution is 6.89.